The number of aliphatic carboxylic acids is 1. The quantitative estimate of drug-likeness (QED) is 0.602. The van der Waals surface area contributed by atoms with E-state index in [1.165, 1.54) is 0 Å². The van der Waals surface area contributed by atoms with Gasteiger partial charge in [-0.25, -0.2) is 0 Å². The Labute approximate surface area is 94.3 Å². The summed E-state index contributed by atoms with van der Waals surface area (Å²) in [5.41, 5.74) is 4.27. The number of hydrogen-bond donors (Lipinski definition) is 3. The van der Waals surface area contributed by atoms with Gasteiger partial charge in [-0.15, -0.1) is 0 Å². The van der Waals surface area contributed by atoms with Crippen molar-refractivity contribution >= 4 is 5.97 Å². The lowest BCUT2D eigenvalue weighted by Gasteiger charge is -2.45. The molecule has 2 bridgehead atoms. The molecule has 0 radical (unpaired) electrons. The molecule has 0 unspecified atom stereocenters. The van der Waals surface area contributed by atoms with Crippen LogP contribution in [0.4, 0.5) is 0 Å². The number of nitrogens with one attached hydrogen (secondary N) is 1. The van der Waals surface area contributed by atoms with Crippen molar-refractivity contribution in [2.24, 2.45) is 11.1 Å². The number of hydrogen-bond acceptors (Lipinski definition) is 4. The Hall–Kier alpha value is -0.650. The Morgan fingerprint density at radius 2 is 2.00 bits per heavy atom. The summed E-state index contributed by atoms with van der Waals surface area (Å²) < 4.78 is 6.12. The summed E-state index contributed by atoms with van der Waals surface area (Å²) in [5, 5.41) is 12.8. The van der Waals surface area contributed by atoms with Gasteiger partial charge in [-0.3, -0.25) is 4.79 Å². The van der Waals surface area contributed by atoms with Crippen molar-refractivity contribution in [3.8, 4) is 0 Å². The number of ether oxygens (including phenoxy) is 1. The van der Waals surface area contributed by atoms with E-state index in [-0.39, 0.29) is 5.60 Å². The second-order valence-electron chi connectivity index (χ2n) is 5.47. The summed E-state index contributed by atoms with van der Waals surface area (Å²) in [4.78, 5) is 11.6. The first-order valence-electron chi connectivity index (χ1n) is 5.93. The Morgan fingerprint density at radius 1 is 1.38 bits per heavy atom. The van der Waals surface area contributed by atoms with Crippen molar-refractivity contribution in [2.45, 2.75) is 36.9 Å². The molecule has 0 aromatic carbocycles. The van der Waals surface area contributed by atoms with E-state index in [0.29, 0.717) is 19.4 Å². The molecule has 1 saturated carbocycles. The predicted octanol–water partition coefficient (Wildman–Crippen LogP) is -0.299. The van der Waals surface area contributed by atoms with Gasteiger partial charge in [-0.1, -0.05) is 0 Å². The Morgan fingerprint density at radius 3 is 2.50 bits per heavy atom. The van der Waals surface area contributed by atoms with E-state index in [2.05, 4.69) is 5.32 Å². The highest BCUT2D eigenvalue weighted by molar-refractivity contribution is 5.79. The monoisotopic (exact) mass is 226 g/mol. The molecule has 1 spiro atoms. The molecule has 90 valence electrons. The van der Waals surface area contributed by atoms with Crippen molar-refractivity contribution < 1.29 is 14.6 Å². The summed E-state index contributed by atoms with van der Waals surface area (Å²) in [7, 11) is 0. The van der Waals surface area contributed by atoms with Crippen LogP contribution < -0.4 is 11.1 Å². The minimum absolute atomic E-state index is 0.338. The second kappa shape index (κ2) is 2.97. The maximum absolute atomic E-state index is 11.6. The fourth-order valence-electron chi connectivity index (χ4n) is 3.90. The lowest BCUT2D eigenvalue weighted by molar-refractivity contribution is -0.159. The van der Waals surface area contributed by atoms with Crippen LogP contribution in [0.15, 0.2) is 0 Å². The third-order valence-electron chi connectivity index (χ3n) is 4.72. The van der Waals surface area contributed by atoms with Crippen molar-refractivity contribution in [1.29, 1.82) is 0 Å². The van der Waals surface area contributed by atoms with Gasteiger partial charge in [-0.2, -0.15) is 0 Å². The molecule has 0 atom stereocenters. The lowest BCUT2D eigenvalue weighted by Crippen LogP contribution is -2.58. The molecule has 4 fully saturated rings. The standard InChI is InChI=1S/C11H18N2O3/c12-7-9-5-10(6-9,8(14)15)11(16-9)1-3-13-4-2-11/h13H,1-7,12H2,(H,14,15). The Kier molecular flexibility index (Phi) is 1.95. The van der Waals surface area contributed by atoms with Gasteiger partial charge in [0, 0.05) is 6.54 Å². The zero-order chi connectivity index (χ0) is 11.4. The van der Waals surface area contributed by atoms with Crippen molar-refractivity contribution in [1.82, 2.24) is 5.32 Å². The van der Waals surface area contributed by atoms with Crippen LogP contribution in [0.3, 0.4) is 0 Å². The average Bonchev–Trinajstić information content (AvgIpc) is 2.64. The van der Waals surface area contributed by atoms with Crippen LogP contribution in [-0.2, 0) is 9.53 Å². The molecule has 3 aliphatic heterocycles. The lowest BCUT2D eigenvalue weighted by atomic mass is 9.54. The molecular formula is C11H18N2O3. The number of piperidine rings is 1. The predicted molar refractivity (Wildman–Crippen MR) is 57.0 cm³/mol. The third-order valence-corrected chi connectivity index (χ3v) is 4.72. The Balaban J connectivity index is 1.96. The van der Waals surface area contributed by atoms with Crippen molar-refractivity contribution in [2.75, 3.05) is 19.6 Å². The largest absolute Gasteiger partial charge is 0.481 e. The van der Waals surface area contributed by atoms with Crippen LogP contribution in [0.2, 0.25) is 0 Å². The molecule has 0 aromatic heterocycles. The van der Waals surface area contributed by atoms with Crippen molar-refractivity contribution in [3.63, 3.8) is 0 Å². The smallest absolute Gasteiger partial charge is 0.312 e. The van der Waals surface area contributed by atoms with E-state index in [1.54, 1.807) is 0 Å². The number of carboxylic acid groups (broad SMARTS) is 1. The first-order valence-corrected chi connectivity index (χ1v) is 5.93. The van der Waals surface area contributed by atoms with E-state index in [0.717, 1.165) is 25.9 Å². The minimum atomic E-state index is -0.698. The molecule has 16 heavy (non-hydrogen) atoms. The first kappa shape index (κ1) is 10.5. The molecule has 0 aromatic rings. The molecule has 4 rings (SSSR count). The zero-order valence-corrected chi connectivity index (χ0v) is 9.29. The highest BCUT2D eigenvalue weighted by Gasteiger charge is 2.77. The molecule has 4 N–H and O–H groups in total. The van der Waals surface area contributed by atoms with Crippen LogP contribution in [-0.4, -0.2) is 41.9 Å². The van der Waals surface area contributed by atoms with E-state index in [9.17, 15) is 9.90 Å². The van der Waals surface area contributed by atoms with Gasteiger partial charge in [-0.05, 0) is 38.8 Å². The molecule has 4 aliphatic rings. The maximum Gasteiger partial charge on any atom is 0.312 e. The SMILES string of the molecule is NCC12CC(C(=O)O)(C1)C1(CCNCC1)O2. The molecule has 5 nitrogen and oxygen atoms in total. The summed E-state index contributed by atoms with van der Waals surface area (Å²) >= 11 is 0. The van der Waals surface area contributed by atoms with Gasteiger partial charge in [0.25, 0.3) is 0 Å². The fraction of sp³-hybridized carbons (Fsp3) is 0.909. The van der Waals surface area contributed by atoms with Gasteiger partial charge < -0.3 is 20.9 Å². The number of rotatable bonds is 2. The van der Waals surface area contributed by atoms with E-state index >= 15 is 0 Å². The summed E-state index contributed by atoms with van der Waals surface area (Å²) in [6.45, 7) is 2.13. The molecule has 3 heterocycles. The average molecular weight is 226 g/mol. The van der Waals surface area contributed by atoms with Crippen LogP contribution in [0.5, 0.6) is 0 Å². The van der Waals surface area contributed by atoms with Crippen LogP contribution in [0.1, 0.15) is 25.7 Å². The zero-order valence-electron chi connectivity index (χ0n) is 9.29. The van der Waals surface area contributed by atoms with E-state index in [1.807, 2.05) is 0 Å². The van der Waals surface area contributed by atoms with Gasteiger partial charge in [0.05, 0.1) is 11.2 Å². The second-order valence-corrected chi connectivity index (χ2v) is 5.47. The Bertz CT molecular complexity index is 330. The van der Waals surface area contributed by atoms with Gasteiger partial charge in [0.1, 0.15) is 5.41 Å². The molecular weight excluding hydrogens is 208 g/mol. The number of carbonyl (C=O) groups is 1. The summed E-state index contributed by atoms with van der Waals surface area (Å²) in [6.07, 6.45) is 2.79. The topological polar surface area (TPSA) is 84.6 Å². The maximum atomic E-state index is 11.6. The third kappa shape index (κ3) is 0.990. The van der Waals surface area contributed by atoms with Gasteiger partial charge in [0.2, 0.25) is 0 Å². The minimum Gasteiger partial charge on any atom is -0.481 e. The highest BCUT2D eigenvalue weighted by atomic mass is 16.5. The molecule has 3 saturated heterocycles. The van der Waals surface area contributed by atoms with Gasteiger partial charge >= 0.3 is 5.97 Å². The molecule has 1 aliphatic carbocycles. The summed E-state index contributed by atoms with van der Waals surface area (Å²) in [6, 6.07) is 0. The van der Waals surface area contributed by atoms with Crippen LogP contribution in [0, 0.1) is 5.41 Å². The van der Waals surface area contributed by atoms with Crippen molar-refractivity contribution in [3.05, 3.63) is 0 Å². The van der Waals surface area contributed by atoms with Crippen LogP contribution >= 0.6 is 0 Å². The van der Waals surface area contributed by atoms with Crippen LogP contribution in [0.25, 0.3) is 0 Å². The fourth-order valence-corrected chi connectivity index (χ4v) is 3.90. The normalized spacial score (nSPS) is 44.3. The number of carboxylic acids is 1. The first-order chi connectivity index (χ1) is 7.58. The van der Waals surface area contributed by atoms with E-state index < -0.39 is 17.0 Å². The van der Waals surface area contributed by atoms with Gasteiger partial charge in [0.15, 0.2) is 0 Å². The number of nitrogens with two attached hydrogens (primary N) is 1. The summed E-state index contributed by atoms with van der Waals surface area (Å²) in [5.74, 6) is -0.698. The molecule has 5 heteroatoms. The molecule has 0 amide bonds. The highest BCUT2D eigenvalue weighted by Crippen LogP contribution is 2.68. The van der Waals surface area contributed by atoms with E-state index in [4.69, 9.17) is 10.5 Å².